The molecule has 3 fully saturated rings. The molecule has 0 radical (unpaired) electrons. The highest BCUT2D eigenvalue weighted by molar-refractivity contribution is 5.08. The number of nitrogens with one attached hydrogen (secondary N) is 1. The number of piperidine rings is 1. The zero-order chi connectivity index (χ0) is 19.5. The summed E-state index contributed by atoms with van der Waals surface area (Å²) >= 11 is 0. The van der Waals surface area contributed by atoms with Crippen LogP contribution in [-0.4, -0.2) is 60.3 Å². The Morgan fingerprint density at radius 1 is 1.15 bits per heavy atom. The first kappa shape index (κ1) is 21.5. The van der Waals surface area contributed by atoms with E-state index in [1.165, 1.54) is 32.1 Å². The third kappa shape index (κ3) is 4.68. The van der Waals surface area contributed by atoms with Crippen LogP contribution in [0.1, 0.15) is 79.1 Å². The van der Waals surface area contributed by atoms with E-state index in [9.17, 15) is 5.11 Å². The van der Waals surface area contributed by atoms with Crippen LogP contribution in [0.5, 0.6) is 0 Å². The van der Waals surface area contributed by atoms with Gasteiger partial charge in [-0.05, 0) is 46.6 Å². The van der Waals surface area contributed by atoms with Gasteiger partial charge in [-0.2, -0.15) is 0 Å². The maximum atomic E-state index is 10.7. The van der Waals surface area contributed by atoms with E-state index in [4.69, 9.17) is 18.9 Å². The van der Waals surface area contributed by atoms with Gasteiger partial charge < -0.3 is 29.4 Å². The van der Waals surface area contributed by atoms with E-state index in [0.29, 0.717) is 6.61 Å². The van der Waals surface area contributed by atoms with Crippen LogP contribution in [0.4, 0.5) is 0 Å². The summed E-state index contributed by atoms with van der Waals surface area (Å²) in [6.45, 7) is 9.51. The fourth-order valence-corrected chi connectivity index (χ4v) is 4.71. The molecular weight excluding hydrogens is 346 g/mol. The first-order valence-corrected chi connectivity index (χ1v) is 11.0. The van der Waals surface area contributed by atoms with Gasteiger partial charge in [0, 0.05) is 12.6 Å². The Morgan fingerprint density at radius 3 is 2.63 bits per heavy atom. The molecule has 0 spiro atoms. The number of hydrogen-bond donors (Lipinski definition) is 2. The van der Waals surface area contributed by atoms with Crippen molar-refractivity contribution in [3.63, 3.8) is 0 Å². The van der Waals surface area contributed by atoms with Crippen molar-refractivity contribution in [2.45, 2.75) is 121 Å². The van der Waals surface area contributed by atoms with E-state index >= 15 is 0 Å². The number of ether oxygens (including phenoxy) is 4. The Morgan fingerprint density at radius 2 is 1.93 bits per heavy atom. The zero-order valence-electron chi connectivity index (χ0n) is 17.5. The van der Waals surface area contributed by atoms with Gasteiger partial charge in [-0.1, -0.05) is 39.0 Å². The third-order valence-electron chi connectivity index (χ3n) is 6.03. The largest absolute Gasteiger partial charge is 0.387 e. The van der Waals surface area contributed by atoms with Crippen molar-refractivity contribution < 1.29 is 24.1 Å². The van der Waals surface area contributed by atoms with E-state index in [2.05, 4.69) is 12.2 Å². The molecule has 0 amide bonds. The van der Waals surface area contributed by atoms with Crippen LogP contribution in [0.3, 0.4) is 0 Å². The summed E-state index contributed by atoms with van der Waals surface area (Å²) in [5.74, 6) is -1.86. The average Bonchev–Trinajstić information content (AvgIpc) is 3.03. The van der Waals surface area contributed by atoms with Crippen molar-refractivity contribution in [3.8, 4) is 0 Å². The lowest BCUT2D eigenvalue weighted by atomic mass is 9.90. The summed E-state index contributed by atoms with van der Waals surface area (Å²) in [4.78, 5) is 0. The molecule has 0 aromatic rings. The van der Waals surface area contributed by atoms with Crippen LogP contribution in [0, 0.1) is 0 Å². The fraction of sp³-hybridized carbons (Fsp3) is 1.00. The fourth-order valence-electron chi connectivity index (χ4n) is 4.71. The molecule has 3 saturated heterocycles. The molecule has 3 rings (SSSR count). The molecule has 158 valence electrons. The quantitative estimate of drug-likeness (QED) is 0.595. The highest BCUT2D eigenvalue weighted by atomic mass is 16.9. The minimum absolute atomic E-state index is 0.145. The zero-order valence-corrected chi connectivity index (χ0v) is 17.5. The van der Waals surface area contributed by atoms with Gasteiger partial charge in [0.2, 0.25) is 5.79 Å². The number of fused-ring (bicyclic) bond motifs is 1. The van der Waals surface area contributed by atoms with Gasteiger partial charge >= 0.3 is 0 Å². The predicted molar refractivity (Wildman–Crippen MR) is 103 cm³/mol. The van der Waals surface area contributed by atoms with Gasteiger partial charge in [-0.3, -0.25) is 0 Å². The molecule has 2 unspecified atom stereocenters. The molecular formula is C21H39NO5. The van der Waals surface area contributed by atoms with E-state index < -0.39 is 23.8 Å². The number of aliphatic hydroxyl groups is 1. The molecule has 0 bridgehead atoms. The van der Waals surface area contributed by atoms with Crippen molar-refractivity contribution in [1.29, 1.82) is 0 Å². The highest BCUT2D eigenvalue weighted by Gasteiger charge is 2.68. The third-order valence-corrected chi connectivity index (χ3v) is 6.03. The SMILES string of the molecule is CCCCCCCOC(C1CCCCN1)[C@@]12O[C@@H](C)[C@@H](O)[C@@H]1OC(C)(C)O2. The second-order valence-electron chi connectivity index (χ2n) is 8.84. The van der Waals surface area contributed by atoms with Crippen molar-refractivity contribution in [3.05, 3.63) is 0 Å². The molecule has 6 heteroatoms. The monoisotopic (exact) mass is 385 g/mol. The Labute approximate surface area is 164 Å². The van der Waals surface area contributed by atoms with Gasteiger partial charge in [0.05, 0.1) is 6.10 Å². The molecule has 0 aromatic carbocycles. The van der Waals surface area contributed by atoms with Crippen LogP contribution >= 0.6 is 0 Å². The standard InChI is InChI=1S/C21H39NO5/c1-5-6-7-8-11-14-24-18(16-12-9-10-13-22-16)21-19(17(23)15(2)25-21)26-20(3,4)27-21/h15-19,22-23H,5-14H2,1-4H3/t15-,16?,17+,18?,19-,21-/m0/s1. The highest BCUT2D eigenvalue weighted by Crippen LogP contribution is 2.49. The Kier molecular flexibility index (Phi) is 7.20. The van der Waals surface area contributed by atoms with Crippen LogP contribution in [-0.2, 0) is 18.9 Å². The molecule has 2 N–H and O–H groups in total. The predicted octanol–water partition coefficient (Wildman–Crippen LogP) is 3.11. The summed E-state index contributed by atoms with van der Waals surface area (Å²) in [6, 6.07) is 0.145. The topological polar surface area (TPSA) is 69.2 Å². The summed E-state index contributed by atoms with van der Waals surface area (Å²) < 4.78 is 25.1. The molecule has 0 saturated carbocycles. The minimum atomic E-state index is -1.05. The molecule has 0 aliphatic carbocycles. The Bertz CT molecular complexity index is 467. The van der Waals surface area contributed by atoms with Crippen molar-refractivity contribution in [2.24, 2.45) is 0 Å². The summed E-state index contributed by atoms with van der Waals surface area (Å²) in [6.07, 6.45) is 7.46. The van der Waals surface area contributed by atoms with Crippen molar-refractivity contribution >= 4 is 0 Å². The number of hydrogen-bond acceptors (Lipinski definition) is 6. The minimum Gasteiger partial charge on any atom is -0.387 e. The summed E-state index contributed by atoms with van der Waals surface area (Å²) in [5.41, 5.74) is 0. The summed E-state index contributed by atoms with van der Waals surface area (Å²) in [5, 5.41) is 14.3. The Balaban J connectivity index is 1.74. The first-order chi connectivity index (χ1) is 12.9. The normalized spacial score (nSPS) is 39.4. The lowest BCUT2D eigenvalue weighted by molar-refractivity contribution is -0.304. The van der Waals surface area contributed by atoms with Gasteiger partial charge in [0.25, 0.3) is 0 Å². The van der Waals surface area contributed by atoms with Gasteiger partial charge in [-0.15, -0.1) is 0 Å². The number of unbranched alkanes of at least 4 members (excludes halogenated alkanes) is 4. The number of aliphatic hydroxyl groups excluding tert-OH is 1. The maximum Gasteiger partial charge on any atom is 0.229 e. The molecule has 6 atom stereocenters. The van der Waals surface area contributed by atoms with Gasteiger partial charge in [0.15, 0.2) is 5.79 Å². The molecule has 27 heavy (non-hydrogen) atoms. The summed E-state index contributed by atoms with van der Waals surface area (Å²) in [7, 11) is 0. The molecule has 3 heterocycles. The number of rotatable bonds is 9. The lowest BCUT2D eigenvalue weighted by Crippen LogP contribution is -2.61. The second-order valence-corrected chi connectivity index (χ2v) is 8.84. The smallest absolute Gasteiger partial charge is 0.229 e. The Hall–Kier alpha value is -0.240. The van der Waals surface area contributed by atoms with Crippen LogP contribution < -0.4 is 5.32 Å². The van der Waals surface area contributed by atoms with Crippen molar-refractivity contribution in [2.75, 3.05) is 13.2 Å². The van der Waals surface area contributed by atoms with Gasteiger partial charge in [0.1, 0.15) is 18.3 Å². The second kappa shape index (κ2) is 9.06. The van der Waals surface area contributed by atoms with Crippen LogP contribution in [0.25, 0.3) is 0 Å². The van der Waals surface area contributed by atoms with E-state index in [1.807, 2.05) is 20.8 Å². The first-order valence-electron chi connectivity index (χ1n) is 11.0. The lowest BCUT2D eigenvalue weighted by Gasteiger charge is -2.41. The van der Waals surface area contributed by atoms with Crippen LogP contribution in [0.15, 0.2) is 0 Å². The average molecular weight is 386 g/mol. The molecule has 3 aliphatic heterocycles. The molecule has 0 aromatic heterocycles. The maximum absolute atomic E-state index is 10.7. The van der Waals surface area contributed by atoms with E-state index in [-0.39, 0.29) is 18.2 Å². The van der Waals surface area contributed by atoms with Crippen molar-refractivity contribution in [1.82, 2.24) is 5.32 Å². The van der Waals surface area contributed by atoms with Crippen LogP contribution in [0.2, 0.25) is 0 Å². The molecule has 6 nitrogen and oxygen atoms in total. The van der Waals surface area contributed by atoms with Gasteiger partial charge in [-0.25, -0.2) is 0 Å². The van der Waals surface area contributed by atoms with E-state index in [1.54, 1.807) is 0 Å². The van der Waals surface area contributed by atoms with E-state index in [0.717, 1.165) is 25.8 Å². The molecule has 3 aliphatic rings.